The lowest BCUT2D eigenvalue weighted by Gasteiger charge is -2.33. The summed E-state index contributed by atoms with van der Waals surface area (Å²) < 4.78 is 27.5. The molecule has 0 radical (unpaired) electrons. The Balaban J connectivity index is 1.63. The van der Waals surface area contributed by atoms with Gasteiger partial charge in [-0.25, -0.2) is 18.7 Å². The molecule has 0 spiro atoms. The number of anilines is 4. The van der Waals surface area contributed by atoms with E-state index >= 15 is 0 Å². The SMILES string of the molecule is CC(=O)Nc1ccc(Sc2nc(Nc3cc(C)[nH]n3)c(C)c(N3CCC(F)(F)CC3)n2)cc1. The second-order valence-electron chi connectivity index (χ2n) is 8.02. The van der Waals surface area contributed by atoms with Crippen LogP contribution in [0.2, 0.25) is 0 Å². The number of alkyl halides is 2. The molecule has 1 aliphatic heterocycles. The van der Waals surface area contributed by atoms with Crippen LogP contribution < -0.4 is 15.5 Å². The molecule has 11 heteroatoms. The first kappa shape index (κ1) is 23.0. The van der Waals surface area contributed by atoms with Crippen LogP contribution in [0.5, 0.6) is 0 Å². The van der Waals surface area contributed by atoms with E-state index in [2.05, 4.69) is 25.8 Å². The summed E-state index contributed by atoms with van der Waals surface area (Å²) in [4.78, 5) is 23.4. The third kappa shape index (κ3) is 5.78. The Morgan fingerprint density at radius 2 is 1.85 bits per heavy atom. The van der Waals surface area contributed by atoms with E-state index < -0.39 is 5.92 Å². The number of aryl methyl sites for hydroxylation is 1. The van der Waals surface area contributed by atoms with E-state index in [1.165, 1.54) is 18.7 Å². The lowest BCUT2D eigenvalue weighted by molar-refractivity contribution is -0.114. The number of piperidine rings is 1. The predicted octanol–water partition coefficient (Wildman–Crippen LogP) is 4.91. The van der Waals surface area contributed by atoms with E-state index in [0.29, 0.717) is 28.3 Å². The summed E-state index contributed by atoms with van der Waals surface area (Å²) in [6.45, 7) is 5.68. The zero-order valence-electron chi connectivity index (χ0n) is 18.6. The molecule has 3 heterocycles. The van der Waals surface area contributed by atoms with Crippen molar-refractivity contribution in [2.75, 3.05) is 28.6 Å². The number of aromatic amines is 1. The van der Waals surface area contributed by atoms with E-state index in [0.717, 1.165) is 16.2 Å². The number of hydrogen-bond donors (Lipinski definition) is 3. The number of nitrogens with zero attached hydrogens (tertiary/aromatic N) is 4. The van der Waals surface area contributed by atoms with Crippen molar-refractivity contribution in [3.05, 3.63) is 41.6 Å². The second-order valence-corrected chi connectivity index (χ2v) is 9.06. The maximum atomic E-state index is 13.7. The number of halogens is 2. The highest BCUT2D eigenvalue weighted by molar-refractivity contribution is 7.99. The maximum Gasteiger partial charge on any atom is 0.251 e. The summed E-state index contributed by atoms with van der Waals surface area (Å²) in [5, 5.41) is 13.5. The predicted molar refractivity (Wildman–Crippen MR) is 125 cm³/mol. The summed E-state index contributed by atoms with van der Waals surface area (Å²) in [5.41, 5.74) is 2.37. The number of H-pyrrole nitrogens is 1. The third-order valence-corrected chi connectivity index (χ3v) is 6.10. The van der Waals surface area contributed by atoms with Crippen LogP contribution in [-0.4, -0.2) is 45.1 Å². The van der Waals surface area contributed by atoms with Crippen LogP contribution >= 0.6 is 11.8 Å². The Morgan fingerprint density at radius 3 is 2.45 bits per heavy atom. The van der Waals surface area contributed by atoms with Crippen molar-refractivity contribution in [1.29, 1.82) is 0 Å². The molecule has 0 unspecified atom stereocenters. The first-order valence-corrected chi connectivity index (χ1v) is 11.4. The van der Waals surface area contributed by atoms with Crippen LogP contribution in [0.4, 0.5) is 31.9 Å². The summed E-state index contributed by atoms with van der Waals surface area (Å²) in [6, 6.07) is 9.19. The van der Waals surface area contributed by atoms with Gasteiger partial charge in [0.2, 0.25) is 5.91 Å². The minimum Gasteiger partial charge on any atom is -0.356 e. The van der Waals surface area contributed by atoms with Gasteiger partial charge in [0.1, 0.15) is 11.6 Å². The van der Waals surface area contributed by atoms with Crippen LogP contribution in [0, 0.1) is 13.8 Å². The Hall–Kier alpha value is -3.21. The number of hydrogen-bond acceptors (Lipinski definition) is 7. The summed E-state index contributed by atoms with van der Waals surface area (Å²) in [7, 11) is 0. The maximum absolute atomic E-state index is 13.7. The molecule has 33 heavy (non-hydrogen) atoms. The number of benzene rings is 1. The molecular weight excluding hydrogens is 448 g/mol. The summed E-state index contributed by atoms with van der Waals surface area (Å²) in [5.74, 6) is -0.966. The highest BCUT2D eigenvalue weighted by atomic mass is 32.2. The molecule has 0 bridgehead atoms. The smallest absolute Gasteiger partial charge is 0.251 e. The highest BCUT2D eigenvalue weighted by Gasteiger charge is 2.35. The molecule has 1 fully saturated rings. The first-order chi connectivity index (χ1) is 15.7. The fourth-order valence-electron chi connectivity index (χ4n) is 3.52. The highest BCUT2D eigenvalue weighted by Crippen LogP contribution is 2.36. The Kier molecular flexibility index (Phi) is 6.50. The minimum absolute atomic E-state index is 0.140. The monoisotopic (exact) mass is 473 g/mol. The molecule has 0 aliphatic carbocycles. The first-order valence-electron chi connectivity index (χ1n) is 10.5. The Bertz CT molecular complexity index is 1140. The van der Waals surface area contributed by atoms with Gasteiger partial charge < -0.3 is 15.5 Å². The molecule has 3 aromatic rings. The van der Waals surface area contributed by atoms with Crippen molar-refractivity contribution in [3.8, 4) is 0 Å². The lowest BCUT2D eigenvalue weighted by Crippen LogP contribution is -2.40. The van der Waals surface area contributed by atoms with Gasteiger partial charge in [-0.3, -0.25) is 9.89 Å². The number of amides is 1. The van der Waals surface area contributed by atoms with Crippen LogP contribution in [-0.2, 0) is 4.79 Å². The molecule has 1 aromatic carbocycles. The van der Waals surface area contributed by atoms with E-state index in [1.54, 1.807) is 12.1 Å². The molecule has 1 saturated heterocycles. The van der Waals surface area contributed by atoms with Gasteiger partial charge in [-0.05, 0) is 49.9 Å². The second kappa shape index (κ2) is 9.34. The van der Waals surface area contributed by atoms with Crippen LogP contribution in [0.1, 0.15) is 31.0 Å². The van der Waals surface area contributed by atoms with Gasteiger partial charge >= 0.3 is 0 Å². The quantitative estimate of drug-likeness (QED) is 0.438. The van der Waals surface area contributed by atoms with Crippen molar-refractivity contribution >= 4 is 40.8 Å². The standard InChI is InChI=1S/C22H25F2N7OS/c1-13-12-18(30-29-13)26-19-14(2)20(31-10-8-22(23,24)9-11-31)28-21(27-19)33-17-6-4-16(5-7-17)25-15(3)32/h4-7,12H,8-11H2,1-3H3,(H,25,32)(H2,26,27,28,29,30). The fraction of sp³-hybridized carbons (Fsp3) is 0.364. The zero-order chi connectivity index (χ0) is 23.6. The Labute approximate surface area is 194 Å². The Morgan fingerprint density at radius 1 is 1.15 bits per heavy atom. The van der Waals surface area contributed by atoms with E-state index in [4.69, 9.17) is 4.98 Å². The lowest BCUT2D eigenvalue weighted by atomic mass is 10.1. The largest absolute Gasteiger partial charge is 0.356 e. The van der Waals surface area contributed by atoms with Crippen LogP contribution in [0.3, 0.4) is 0 Å². The van der Waals surface area contributed by atoms with E-state index in [1.807, 2.05) is 36.9 Å². The van der Waals surface area contributed by atoms with Crippen molar-refractivity contribution in [1.82, 2.24) is 20.2 Å². The van der Waals surface area contributed by atoms with Crippen molar-refractivity contribution in [2.24, 2.45) is 0 Å². The van der Waals surface area contributed by atoms with Crippen molar-refractivity contribution in [2.45, 2.75) is 49.6 Å². The molecule has 0 saturated carbocycles. The van der Waals surface area contributed by atoms with Crippen molar-refractivity contribution < 1.29 is 13.6 Å². The summed E-state index contributed by atoms with van der Waals surface area (Å²) in [6.07, 6.45) is -0.407. The van der Waals surface area contributed by atoms with E-state index in [-0.39, 0.29) is 31.8 Å². The van der Waals surface area contributed by atoms with Crippen LogP contribution in [0.25, 0.3) is 0 Å². The van der Waals surface area contributed by atoms with Gasteiger partial charge in [-0.2, -0.15) is 5.10 Å². The van der Waals surface area contributed by atoms with E-state index in [9.17, 15) is 13.6 Å². The average Bonchev–Trinajstić information content (AvgIpc) is 3.16. The third-order valence-electron chi connectivity index (χ3n) is 5.23. The number of carbonyl (C=O) groups excluding carboxylic acids is 1. The molecular formula is C22H25F2N7OS. The fourth-order valence-corrected chi connectivity index (χ4v) is 4.28. The topological polar surface area (TPSA) is 98.8 Å². The van der Waals surface area contributed by atoms with Gasteiger partial charge in [-0.15, -0.1) is 0 Å². The zero-order valence-corrected chi connectivity index (χ0v) is 19.4. The molecule has 0 atom stereocenters. The number of aromatic nitrogens is 4. The molecule has 4 rings (SSSR count). The molecule has 3 N–H and O–H groups in total. The summed E-state index contributed by atoms with van der Waals surface area (Å²) >= 11 is 1.35. The number of carbonyl (C=O) groups is 1. The number of nitrogens with one attached hydrogen (secondary N) is 3. The van der Waals surface area contributed by atoms with Gasteiger partial charge in [0.05, 0.1) is 0 Å². The average molecular weight is 474 g/mol. The van der Waals surface area contributed by atoms with Gasteiger partial charge in [-0.1, -0.05) is 0 Å². The van der Waals surface area contributed by atoms with Gasteiger partial charge in [0.25, 0.3) is 5.92 Å². The molecule has 174 valence electrons. The normalized spacial score (nSPS) is 15.4. The molecule has 1 amide bonds. The van der Waals surface area contributed by atoms with Crippen LogP contribution in [0.15, 0.2) is 40.4 Å². The van der Waals surface area contributed by atoms with Gasteiger partial charge in [0, 0.05) is 60.8 Å². The minimum atomic E-state index is -2.64. The van der Waals surface area contributed by atoms with Gasteiger partial charge in [0.15, 0.2) is 11.0 Å². The number of rotatable bonds is 6. The molecule has 1 aliphatic rings. The molecule has 8 nitrogen and oxygen atoms in total. The molecule has 2 aromatic heterocycles. The van der Waals surface area contributed by atoms with Crippen molar-refractivity contribution in [3.63, 3.8) is 0 Å².